The number of nitrogens with zero attached hydrogens (tertiary/aromatic N) is 1. The molecule has 0 bridgehead atoms. The number of anilines is 1. The highest BCUT2D eigenvalue weighted by atomic mass is 32.1. The van der Waals surface area contributed by atoms with Crippen molar-refractivity contribution in [3.05, 3.63) is 73.9 Å². The summed E-state index contributed by atoms with van der Waals surface area (Å²) < 4.78 is 17.2. The van der Waals surface area contributed by atoms with Gasteiger partial charge in [-0.25, -0.2) is 9.78 Å². The third kappa shape index (κ3) is 5.94. The molecule has 1 N–H and O–H groups in total. The van der Waals surface area contributed by atoms with Crippen LogP contribution in [0.15, 0.2) is 45.6 Å². The minimum absolute atomic E-state index is 0.0447. The molecule has 0 fully saturated rings. The first-order chi connectivity index (χ1) is 18.0. The van der Waals surface area contributed by atoms with Gasteiger partial charge in [-0.15, -0.1) is 0 Å². The van der Waals surface area contributed by atoms with Gasteiger partial charge >= 0.3 is 5.97 Å². The molecule has 0 aliphatic heterocycles. The SMILES string of the molecule is Cc1ccc(-c2oc3cc(C)cc(C)c3c(=O)c2OCC(=O)Nc2nc(C)c(C(=O)OCC(C)C)s2)cc1. The third-order valence-electron chi connectivity index (χ3n) is 5.73. The van der Waals surface area contributed by atoms with Crippen molar-refractivity contribution in [3.8, 4) is 17.1 Å². The number of rotatable bonds is 8. The van der Waals surface area contributed by atoms with Gasteiger partial charge in [0.05, 0.1) is 17.7 Å². The van der Waals surface area contributed by atoms with Crippen LogP contribution in [0.5, 0.6) is 5.75 Å². The van der Waals surface area contributed by atoms with Crippen LogP contribution < -0.4 is 15.5 Å². The summed E-state index contributed by atoms with van der Waals surface area (Å²) in [6.45, 7) is 11.1. The topological polar surface area (TPSA) is 108 Å². The predicted octanol–water partition coefficient (Wildman–Crippen LogP) is 5.98. The van der Waals surface area contributed by atoms with E-state index in [1.54, 1.807) is 6.92 Å². The minimum Gasteiger partial charge on any atom is -0.476 e. The lowest BCUT2D eigenvalue weighted by molar-refractivity contribution is -0.118. The molecule has 1 amide bonds. The van der Waals surface area contributed by atoms with Crippen molar-refractivity contribution in [2.75, 3.05) is 18.5 Å². The van der Waals surface area contributed by atoms with Crippen LogP contribution in [0.3, 0.4) is 0 Å². The van der Waals surface area contributed by atoms with Gasteiger partial charge in [-0.3, -0.25) is 14.9 Å². The van der Waals surface area contributed by atoms with Crippen LogP contribution in [-0.4, -0.2) is 30.1 Å². The van der Waals surface area contributed by atoms with E-state index < -0.39 is 18.5 Å². The molecule has 0 saturated carbocycles. The molecule has 0 spiro atoms. The van der Waals surface area contributed by atoms with E-state index in [-0.39, 0.29) is 28.0 Å². The lowest BCUT2D eigenvalue weighted by Crippen LogP contribution is -2.22. The van der Waals surface area contributed by atoms with E-state index in [2.05, 4.69) is 10.3 Å². The van der Waals surface area contributed by atoms with Gasteiger partial charge in [-0.05, 0) is 50.8 Å². The smallest absolute Gasteiger partial charge is 0.350 e. The van der Waals surface area contributed by atoms with Gasteiger partial charge in [0.1, 0.15) is 10.5 Å². The van der Waals surface area contributed by atoms with Crippen molar-refractivity contribution in [1.82, 2.24) is 4.98 Å². The summed E-state index contributed by atoms with van der Waals surface area (Å²) in [5, 5.41) is 3.28. The van der Waals surface area contributed by atoms with E-state index in [0.717, 1.165) is 28.0 Å². The fourth-order valence-corrected chi connectivity index (χ4v) is 4.82. The molecule has 198 valence electrons. The summed E-state index contributed by atoms with van der Waals surface area (Å²) in [6.07, 6.45) is 0. The van der Waals surface area contributed by atoms with Crippen molar-refractivity contribution >= 4 is 39.3 Å². The zero-order valence-electron chi connectivity index (χ0n) is 22.3. The van der Waals surface area contributed by atoms with Gasteiger partial charge in [-0.1, -0.05) is 61.1 Å². The average molecular weight is 535 g/mol. The Labute approximate surface area is 224 Å². The van der Waals surface area contributed by atoms with E-state index in [0.29, 0.717) is 33.7 Å². The third-order valence-corrected chi connectivity index (χ3v) is 6.79. The van der Waals surface area contributed by atoms with Gasteiger partial charge in [0.15, 0.2) is 17.5 Å². The van der Waals surface area contributed by atoms with Crippen molar-refractivity contribution in [2.45, 2.75) is 41.5 Å². The molecule has 2 aromatic heterocycles. The molecular weight excluding hydrogens is 504 g/mol. The lowest BCUT2D eigenvalue weighted by atomic mass is 10.0. The number of hydrogen-bond acceptors (Lipinski definition) is 8. The zero-order valence-corrected chi connectivity index (χ0v) is 23.1. The maximum Gasteiger partial charge on any atom is 0.350 e. The first kappa shape index (κ1) is 27.1. The molecule has 0 saturated heterocycles. The number of esters is 1. The fraction of sp³-hybridized carbons (Fsp3) is 0.310. The molecule has 0 aliphatic rings. The normalized spacial score (nSPS) is 11.1. The van der Waals surface area contributed by atoms with Crippen molar-refractivity contribution in [1.29, 1.82) is 0 Å². The molecular formula is C29H30N2O6S. The molecule has 9 heteroatoms. The number of nitrogens with one attached hydrogen (secondary N) is 1. The van der Waals surface area contributed by atoms with Gasteiger partial charge in [0.2, 0.25) is 11.2 Å². The zero-order chi connectivity index (χ0) is 27.6. The number of benzene rings is 2. The van der Waals surface area contributed by atoms with Crippen LogP contribution in [0.4, 0.5) is 5.13 Å². The Morgan fingerprint density at radius 3 is 2.45 bits per heavy atom. The maximum absolute atomic E-state index is 13.5. The number of fused-ring (bicyclic) bond motifs is 1. The number of ether oxygens (including phenoxy) is 2. The molecule has 2 heterocycles. The predicted molar refractivity (Wildman–Crippen MR) is 148 cm³/mol. The van der Waals surface area contributed by atoms with Gasteiger partial charge < -0.3 is 13.9 Å². The number of carbonyl (C=O) groups is 2. The molecule has 0 atom stereocenters. The highest BCUT2D eigenvalue weighted by Crippen LogP contribution is 2.32. The minimum atomic E-state index is -0.532. The van der Waals surface area contributed by atoms with Gasteiger partial charge in [-0.2, -0.15) is 0 Å². The van der Waals surface area contributed by atoms with Crippen LogP contribution in [0.2, 0.25) is 0 Å². The van der Waals surface area contributed by atoms with Gasteiger partial charge in [0, 0.05) is 5.56 Å². The van der Waals surface area contributed by atoms with E-state index in [4.69, 9.17) is 13.9 Å². The summed E-state index contributed by atoms with van der Waals surface area (Å²) in [5.74, 6) is -0.602. The van der Waals surface area contributed by atoms with Crippen molar-refractivity contribution < 1.29 is 23.5 Å². The summed E-state index contributed by atoms with van der Waals surface area (Å²) >= 11 is 1.03. The highest BCUT2D eigenvalue weighted by Gasteiger charge is 2.22. The number of hydrogen-bond donors (Lipinski definition) is 1. The molecule has 2 aromatic carbocycles. The Morgan fingerprint density at radius 1 is 1.05 bits per heavy atom. The second-order valence-electron chi connectivity index (χ2n) is 9.67. The average Bonchev–Trinajstić information content (AvgIpc) is 3.21. The highest BCUT2D eigenvalue weighted by molar-refractivity contribution is 7.17. The summed E-state index contributed by atoms with van der Waals surface area (Å²) in [5.41, 5.74) is 3.99. The largest absolute Gasteiger partial charge is 0.476 e. The number of thiazole rings is 1. The first-order valence-electron chi connectivity index (χ1n) is 12.3. The van der Waals surface area contributed by atoms with E-state index in [9.17, 15) is 14.4 Å². The molecule has 0 radical (unpaired) electrons. The van der Waals surface area contributed by atoms with Crippen LogP contribution in [0.25, 0.3) is 22.3 Å². The first-order valence-corrected chi connectivity index (χ1v) is 13.1. The fourth-order valence-electron chi connectivity index (χ4n) is 3.94. The van der Waals surface area contributed by atoms with Crippen LogP contribution >= 0.6 is 11.3 Å². The number of aromatic nitrogens is 1. The molecule has 38 heavy (non-hydrogen) atoms. The van der Waals surface area contributed by atoms with Crippen molar-refractivity contribution in [2.24, 2.45) is 5.92 Å². The Hall–Kier alpha value is -3.98. The summed E-state index contributed by atoms with van der Waals surface area (Å²) in [7, 11) is 0. The summed E-state index contributed by atoms with van der Waals surface area (Å²) in [4.78, 5) is 43.2. The van der Waals surface area contributed by atoms with Crippen LogP contribution in [-0.2, 0) is 9.53 Å². The molecule has 0 aliphatic carbocycles. The molecule has 4 rings (SSSR count). The monoisotopic (exact) mass is 534 g/mol. The van der Waals surface area contributed by atoms with Gasteiger partial charge in [0.25, 0.3) is 5.91 Å². The molecule has 8 nitrogen and oxygen atoms in total. The van der Waals surface area contributed by atoms with E-state index >= 15 is 0 Å². The lowest BCUT2D eigenvalue weighted by Gasteiger charge is -2.13. The van der Waals surface area contributed by atoms with E-state index in [1.165, 1.54) is 0 Å². The van der Waals surface area contributed by atoms with E-state index in [1.807, 2.05) is 71.0 Å². The molecule has 4 aromatic rings. The Balaban J connectivity index is 1.59. The number of amides is 1. The maximum atomic E-state index is 13.5. The van der Waals surface area contributed by atoms with Crippen molar-refractivity contribution in [3.63, 3.8) is 0 Å². The van der Waals surface area contributed by atoms with Crippen LogP contribution in [0, 0.1) is 33.6 Å². The second kappa shape index (κ2) is 11.2. The Morgan fingerprint density at radius 2 is 1.76 bits per heavy atom. The second-order valence-corrected chi connectivity index (χ2v) is 10.7. The van der Waals surface area contributed by atoms with Crippen LogP contribution in [0.1, 0.15) is 45.9 Å². The molecule has 0 unspecified atom stereocenters. The number of aryl methyl sites for hydroxylation is 4. The Kier molecular flexibility index (Phi) is 7.97. The summed E-state index contributed by atoms with van der Waals surface area (Å²) in [6, 6.07) is 11.2. The quantitative estimate of drug-likeness (QED) is 0.277. The number of carbonyl (C=O) groups excluding carboxylic acids is 2. The Bertz CT molecular complexity index is 1570. The standard InChI is InChI=1S/C29H30N2O6S/c1-15(2)13-36-28(34)27-19(6)30-29(38-27)31-22(32)14-35-26-24(33)23-18(5)11-17(4)12-21(23)37-25(26)20-9-7-16(3)8-10-20/h7-12,15H,13-14H2,1-6H3,(H,30,31,32).